The Morgan fingerprint density at radius 3 is 2.29 bits per heavy atom. The first-order valence-electron chi connectivity index (χ1n) is 9.89. The van der Waals surface area contributed by atoms with Gasteiger partial charge in [0.05, 0.1) is 4.90 Å². The van der Waals surface area contributed by atoms with Gasteiger partial charge in [0, 0.05) is 30.4 Å². The van der Waals surface area contributed by atoms with E-state index in [9.17, 15) is 13.2 Å². The molecule has 0 aromatic heterocycles. The van der Waals surface area contributed by atoms with E-state index in [-0.39, 0.29) is 16.8 Å². The van der Waals surface area contributed by atoms with Gasteiger partial charge in [-0.05, 0) is 68.0 Å². The predicted molar refractivity (Wildman–Crippen MR) is 110 cm³/mol. The lowest BCUT2D eigenvalue weighted by molar-refractivity contribution is 0.0981. The molecule has 0 N–H and O–H groups in total. The van der Waals surface area contributed by atoms with Crippen LogP contribution in [0.5, 0.6) is 0 Å². The lowest BCUT2D eigenvalue weighted by Gasteiger charge is -2.29. The lowest BCUT2D eigenvalue weighted by atomic mass is 10.0. The van der Waals surface area contributed by atoms with Crippen molar-refractivity contribution in [3.63, 3.8) is 0 Å². The largest absolute Gasteiger partial charge is 0.305 e. The molecule has 5 nitrogen and oxygen atoms in total. The van der Waals surface area contributed by atoms with Crippen LogP contribution in [0.3, 0.4) is 0 Å². The zero-order valence-corrected chi connectivity index (χ0v) is 17.2. The fourth-order valence-corrected chi connectivity index (χ4v) is 5.63. The monoisotopic (exact) mass is 398 g/mol. The number of benzene rings is 2. The van der Waals surface area contributed by atoms with Crippen LogP contribution in [-0.4, -0.2) is 37.8 Å². The van der Waals surface area contributed by atoms with Crippen LogP contribution in [0.1, 0.15) is 42.6 Å². The Morgan fingerprint density at radius 1 is 0.964 bits per heavy atom. The first-order chi connectivity index (χ1) is 13.4. The molecular formula is C22H26N2O3S. The first kappa shape index (κ1) is 19.2. The van der Waals surface area contributed by atoms with Crippen LogP contribution < -0.4 is 4.90 Å². The van der Waals surface area contributed by atoms with Gasteiger partial charge in [-0.25, -0.2) is 8.42 Å². The molecule has 2 aromatic rings. The minimum Gasteiger partial charge on any atom is -0.305 e. The molecule has 28 heavy (non-hydrogen) atoms. The van der Waals surface area contributed by atoms with E-state index in [1.54, 1.807) is 28.6 Å². The van der Waals surface area contributed by atoms with Gasteiger partial charge >= 0.3 is 0 Å². The van der Waals surface area contributed by atoms with Gasteiger partial charge in [0.1, 0.15) is 0 Å². The maximum atomic E-state index is 13.1. The predicted octanol–water partition coefficient (Wildman–Crippen LogP) is 3.70. The summed E-state index contributed by atoms with van der Waals surface area (Å²) in [5, 5.41) is 0. The number of para-hydroxylation sites is 1. The molecule has 0 radical (unpaired) electrons. The second kappa shape index (κ2) is 7.33. The summed E-state index contributed by atoms with van der Waals surface area (Å²) < 4.78 is 27.3. The standard InChI is InChI=1S/C22H26N2O3S/c1-16-11-13-23(14-12-16)28(26,27)20-9-7-18(8-10-20)22(25)24-17(2)15-19-5-3-4-6-21(19)24/h3-10,16-17H,11-15H2,1-2H3. The summed E-state index contributed by atoms with van der Waals surface area (Å²) in [7, 11) is -3.50. The van der Waals surface area contributed by atoms with E-state index in [0.717, 1.165) is 24.9 Å². The second-order valence-electron chi connectivity index (χ2n) is 7.97. The van der Waals surface area contributed by atoms with E-state index in [0.29, 0.717) is 24.6 Å². The normalized spacial score (nSPS) is 20.9. The summed E-state index contributed by atoms with van der Waals surface area (Å²) in [5.74, 6) is 0.477. The van der Waals surface area contributed by atoms with Gasteiger partial charge in [0.15, 0.2) is 0 Å². The van der Waals surface area contributed by atoms with Crippen molar-refractivity contribution in [3.05, 3.63) is 59.7 Å². The molecule has 0 spiro atoms. The van der Waals surface area contributed by atoms with Crippen molar-refractivity contribution >= 4 is 21.6 Å². The molecule has 6 heteroatoms. The third kappa shape index (κ3) is 3.35. The molecule has 4 rings (SSSR count). The number of carbonyl (C=O) groups excluding carboxylic acids is 1. The summed E-state index contributed by atoms with van der Waals surface area (Å²) >= 11 is 0. The highest BCUT2D eigenvalue weighted by atomic mass is 32.2. The molecule has 2 aliphatic rings. The van der Waals surface area contributed by atoms with Crippen LogP contribution in [-0.2, 0) is 16.4 Å². The van der Waals surface area contributed by atoms with E-state index in [2.05, 4.69) is 6.92 Å². The number of anilines is 1. The summed E-state index contributed by atoms with van der Waals surface area (Å²) in [6.07, 6.45) is 2.62. The lowest BCUT2D eigenvalue weighted by Crippen LogP contribution is -2.38. The van der Waals surface area contributed by atoms with Gasteiger partial charge in [-0.1, -0.05) is 25.1 Å². The molecule has 148 valence electrons. The SMILES string of the molecule is CC1CCN(S(=O)(=O)c2ccc(C(=O)N3c4ccccc4CC3C)cc2)CC1. The van der Waals surface area contributed by atoms with Crippen LogP contribution in [0, 0.1) is 5.92 Å². The topological polar surface area (TPSA) is 57.7 Å². The minimum absolute atomic E-state index is 0.0867. The fourth-order valence-electron chi connectivity index (χ4n) is 4.16. The van der Waals surface area contributed by atoms with Crippen molar-refractivity contribution in [1.29, 1.82) is 0 Å². The van der Waals surface area contributed by atoms with E-state index in [1.165, 1.54) is 5.56 Å². The van der Waals surface area contributed by atoms with E-state index in [1.807, 2.05) is 36.1 Å². The van der Waals surface area contributed by atoms with Crippen LogP contribution in [0.25, 0.3) is 0 Å². The molecule has 0 bridgehead atoms. The Hall–Kier alpha value is -2.18. The Balaban J connectivity index is 1.56. The van der Waals surface area contributed by atoms with E-state index < -0.39 is 10.0 Å². The molecular weight excluding hydrogens is 372 g/mol. The molecule has 1 fully saturated rings. The minimum atomic E-state index is -3.50. The van der Waals surface area contributed by atoms with Crippen LogP contribution in [0.2, 0.25) is 0 Å². The average Bonchev–Trinajstić information content (AvgIpc) is 3.03. The van der Waals surface area contributed by atoms with E-state index in [4.69, 9.17) is 0 Å². The molecule has 1 saturated heterocycles. The van der Waals surface area contributed by atoms with Crippen molar-refractivity contribution in [2.24, 2.45) is 5.92 Å². The summed E-state index contributed by atoms with van der Waals surface area (Å²) in [6.45, 7) is 5.31. The molecule has 1 amide bonds. The van der Waals surface area contributed by atoms with E-state index >= 15 is 0 Å². The molecule has 1 unspecified atom stereocenters. The van der Waals surface area contributed by atoms with Crippen molar-refractivity contribution in [2.45, 2.75) is 44.0 Å². The highest BCUT2D eigenvalue weighted by Crippen LogP contribution is 2.33. The number of piperidine rings is 1. The smallest absolute Gasteiger partial charge is 0.258 e. The maximum absolute atomic E-state index is 13.1. The third-order valence-electron chi connectivity index (χ3n) is 5.91. The van der Waals surface area contributed by atoms with Gasteiger partial charge in [0.25, 0.3) is 5.91 Å². The Kier molecular flexibility index (Phi) is 5.02. The molecule has 0 saturated carbocycles. The highest BCUT2D eigenvalue weighted by molar-refractivity contribution is 7.89. The molecule has 2 aliphatic heterocycles. The number of sulfonamides is 1. The molecule has 2 heterocycles. The molecule has 1 atom stereocenters. The summed E-state index contributed by atoms with van der Waals surface area (Å²) in [6, 6.07) is 14.4. The maximum Gasteiger partial charge on any atom is 0.258 e. The molecule has 0 aliphatic carbocycles. The van der Waals surface area contributed by atoms with Gasteiger partial charge in [-0.15, -0.1) is 0 Å². The highest BCUT2D eigenvalue weighted by Gasteiger charge is 2.32. The number of amides is 1. The van der Waals surface area contributed by atoms with Gasteiger partial charge in [-0.2, -0.15) is 4.31 Å². The number of fused-ring (bicyclic) bond motifs is 1. The van der Waals surface area contributed by atoms with Crippen molar-refractivity contribution < 1.29 is 13.2 Å². The van der Waals surface area contributed by atoms with Crippen molar-refractivity contribution in [1.82, 2.24) is 4.31 Å². The van der Waals surface area contributed by atoms with Crippen LogP contribution in [0.15, 0.2) is 53.4 Å². The number of nitrogens with zero attached hydrogens (tertiary/aromatic N) is 2. The second-order valence-corrected chi connectivity index (χ2v) is 9.91. The Morgan fingerprint density at radius 2 is 1.61 bits per heavy atom. The third-order valence-corrected chi connectivity index (χ3v) is 7.82. The van der Waals surface area contributed by atoms with Gasteiger partial charge < -0.3 is 4.90 Å². The summed E-state index contributed by atoms with van der Waals surface area (Å²) in [5.41, 5.74) is 2.62. The van der Waals surface area contributed by atoms with Crippen LogP contribution in [0.4, 0.5) is 5.69 Å². The number of hydrogen-bond donors (Lipinski definition) is 0. The Bertz CT molecular complexity index is 977. The zero-order chi connectivity index (χ0) is 19.9. The average molecular weight is 399 g/mol. The Labute approximate surface area is 167 Å². The van der Waals surface area contributed by atoms with Crippen molar-refractivity contribution in [2.75, 3.05) is 18.0 Å². The van der Waals surface area contributed by atoms with Gasteiger partial charge in [-0.3, -0.25) is 4.79 Å². The van der Waals surface area contributed by atoms with Gasteiger partial charge in [0.2, 0.25) is 10.0 Å². The van der Waals surface area contributed by atoms with Crippen molar-refractivity contribution in [3.8, 4) is 0 Å². The van der Waals surface area contributed by atoms with Crippen LogP contribution >= 0.6 is 0 Å². The number of hydrogen-bond acceptors (Lipinski definition) is 3. The molecule has 2 aromatic carbocycles. The summed E-state index contributed by atoms with van der Waals surface area (Å²) in [4.78, 5) is 15.2. The number of rotatable bonds is 3. The number of carbonyl (C=O) groups is 1. The zero-order valence-electron chi connectivity index (χ0n) is 16.3. The quantitative estimate of drug-likeness (QED) is 0.792. The fraction of sp³-hybridized carbons (Fsp3) is 0.409. The first-order valence-corrected chi connectivity index (χ1v) is 11.3.